The minimum atomic E-state index is -0.238. The molecule has 0 aliphatic carbocycles. The second-order valence-corrected chi connectivity index (χ2v) is 5.91. The molecule has 0 amide bonds. The Bertz CT molecular complexity index is 599. The Morgan fingerprint density at radius 1 is 1.10 bits per heavy atom. The first kappa shape index (κ1) is 14.2. The maximum atomic E-state index is 5.44. The standard InChI is InChI=1S/C15H21N5O/c1-12-4-6-13(7-5-12)20-14(16-17-18-20)15(2,3)19-8-10-21-11-9-19/h4-7H,8-11H2,1-3H3. The lowest BCUT2D eigenvalue weighted by atomic mass is 10.0. The van der Waals surface area contributed by atoms with E-state index in [1.165, 1.54) is 5.56 Å². The van der Waals surface area contributed by atoms with Gasteiger partial charge in [0.1, 0.15) is 0 Å². The topological polar surface area (TPSA) is 56.1 Å². The molecule has 0 spiro atoms. The van der Waals surface area contributed by atoms with Crippen molar-refractivity contribution in [2.75, 3.05) is 26.3 Å². The molecule has 0 unspecified atom stereocenters. The van der Waals surface area contributed by atoms with Crippen LogP contribution in [0.25, 0.3) is 5.69 Å². The van der Waals surface area contributed by atoms with Gasteiger partial charge in [0.2, 0.25) is 0 Å². The van der Waals surface area contributed by atoms with E-state index in [2.05, 4.69) is 53.3 Å². The molecule has 0 bridgehead atoms. The molecule has 6 nitrogen and oxygen atoms in total. The van der Waals surface area contributed by atoms with Crippen LogP contribution in [0.2, 0.25) is 0 Å². The van der Waals surface area contributed by atoms with Crippen molar-refractivity contribution < 1.29 is 4.74 Å². The normalized spacial score (nSPS) is 17.1. The fraction of sp³-hybridized carbons (Fsp3) is 0.533. The molecular formula is C15H21N5O. The summed E-state index contributed by atoms with van der Waals surface area (Å²) in [4.78, 5) is 2.37. The number of hydrogen-bond acceptors (Lipinski definition) is 5. The summed E-state index contributed by atoms with van der Waals surface area (Å²) in [6.45, 7) is 9.71. The van der Waals surface area contributed by atoms with Gasteiger partial charge in [-0.15, -0.1) is 5.10 Å². The number of ether oxygens (including phenoxy) is 1. The third-order valence-corrected chi connectivity index (χ3v) is 4.10. The molecule has 1 aliphatic heterocycles. The minimum Gasteiger partial charge on any atom is -0.379 e. The lowest BCUT2D eigenvalue weighted by molar-refractivity contribution is -0.0155. The molecular weight excluding hydrogens is 266 g/mol. The zero-order valence-corrected chi connectivity index (χ0v) is 12.8. The van der Waals surface area contributed by atoms with Gasteiger partial charge >= 0.3 is 0 Å². The van der Waals surface area contributed by atoms with Crippen LogP contribution in [0, 0.1) is 6.92 Å². The molecule has 0 atom stereocenters. The van der Waals surface area contributed by atoms with Crippen LogP contribution in [0.5, 0.6) is 0 Å². The van der Waals surface area contributed by atoms with E-state index in [-0.39, 0.29) is 5.54 Å². The smallest absolute Gasteiger partial charge is 0.176 e. The van der Waals surface area contributed by atoms with Gasteiger partial charge in [-0.1, -0.05) is 17.7 Å². The number of morpholine rings is 1. The first-order chi connectivity index (χ1) is 10.1. The molecule has 0 N–H and O–H groups in total. The van der Waals surface area contributed by atoms with Crippen LogP contribution in [0.15, 0.2) is 24.3 Å². The summed E-state index contributed by atoms with van der Waals surface area (Å²) in [6, 6.07) is 8.24. The number of hydrogen-bond donors (Lipinski definition) is 0. The van der Waals surface area contributed by atoms with E-state index in [4.69, 9.17) is 4.74 Å². The number of rotatable bonds is 3. The fourth-order valence-corrected chi connectivity index (χ4v) is 2.69. The summed E-state index contributed by atoms with van der Waals surface area (Å²) in [5, 5.41) is 12.3. The second kappa shape index (κ2) is 5.54. The van der Waals surface area contributed by atoms with Crippen LogP contribution in [0.4, 0.5) is 0 Å². The Morgan fingerprint density at radius 2 is 1.76 bits per heavy atom. The minimum absolute atomic E-state index is 0.238. The largest absolute Gasteiger partial charge is 0.379 e. The molecule has 3 rings (SSSR count). The van der Waals surface area contributed by atoms with E-state index < -0.39 is 0 Å². The number of nitrogens with zero attached hydrogens (tertiary/aromatic N) is 5. The van der Waals surface area contributed by atoms with Crippen LogP contribution < -0.4 is 0 Å². The molecule has 2 aromatic rings. The molecule has 0 radical (unpaired) electrons. The number of aryl methyl sites for hydroxylation is 1. The van der Waals surface area contributed by atoms with Crippen LogP contribution in [0.1, 0.15) is 25.2 Å². The Balaban J connectivity index is 1.95. The van der Waals surface area contributed by atoms with E-state index in [1.807, 2.05) is 16.8 Å². The lowest BCUT2D eigenvalue weighted by Gasteiger charge is -2.39. The van der Waals surface area contributed by atoms with Crippen molar-refractivity contribution in [1.82, 2.24) is 25.1 Å². The van der Waals surface area contributed by atoms with Gasteiger partial charge in [0, 0.05) is 13.1 Å². The van der Waals surface area contributed by atoms with Gasteiger partial charge in [-0.05, 0) is 43.3 Å². The van der Waals surface area contributed by atoms with Crippen molar-refractivity contribution in [1.29, 1.82) is 0 Å². The highest BCUT2D eigenvalue weighted by Crippen LogP contribution is 2.27. The van der Waals surface area contributed by atoms with Crippen LogP contribution in [0.3, 0.4) is 0 Å². The molecule has 21 heavy (non-hydrogen) atoms. The van der Waals surface area contributed by atoms with Crippen molar-refractivity contribution in [3.8, 4) is 5.69 Å². The Morgan fingerprint density at radius 3 is 2.43 bits per heavy atom. The van der Waals surface area contributed by atoms with Crippen LogP contribution in [-0.2, 0) is 10.3 Å². The summed E-state index contributed by atoms with van der Waals surface area (Å²) in [7, 11) is 0. The quantitative estimate of drug-likeness (QED) is 0.857. The molecule has 1 aromatic carbocycles. The third-order valence-electron chi connectivity index (χ3n) is 4.10. The average molecular weight is 287 g/mol. The zero-order valence-electron chi connectivity index (χ0n) is 12.8. The average Bonchev–Trinajstić information content (AvgIpc) is 2.99. The summed E-state index contributed by atoms with van der Waals surface area (Å²) >= 11 is 0. The number of benzene rings is 1. The van der Waals surface area contributed by atoms with E-state index in [0.717, 1.165) is 37.8 Å². The molecule has 2 heterocycles. The molecule has 1 aromatic heterocycles. The van der Waals surface area contributed by atoms with Crippen LogP contribution in [-0.4, -0.2) is 51.4 Å². The Labute approximate surface area is 124 Å². The lowest BCUT2D eigenvalue weighted by Crippen LogP contribution is -2.49. The predicted octanol–water partition coefficient (Wildman–Crippen LogP) is 1.54. The maximum Gasteiger partial charge on any atom is 0.176 e. The van der Waals surface area contributed by atoms with Crippen molar-refractivity contribution in [2.45, 2.75) is 26.3 Å². The van der Waals surface area contributed by atoms with Crippen molar-refractivity contribution in [3.05, 3.63) is 35.7 Å². The van der Waals surface area contributed by atoms with Crippen molar-refractivity contribution in [2.24, 2.45) is 0 Å². The van der Waals surface area contributed by atoms with Crippen molar-refractivity contribution in [3.63, 3.8) is 0 Å². The van der Waals surface area contributed by atoms with E-state index in [0.29, 0.717) is 0 Å². The summed E-state index contributed by atoms with van der Waals surface area (Å²) in [5.74, 6) is 0.855. The first-order valence-corrected chi connectivity index (χ1v) is 7.28. The van der Waals surface area contributed by atoms with E-state index >= 15 is 0 Å². The van der Waals surface area contributed by atoms with Gasteiger partial charge < -0.3 is 4.74 Å². The molecule has 1 fully saturated rings. The summed E-state index contributed by atoms with van der Waals surface area (Å²) in [5.41, 5.74) is 1.97. The third kappa shape index (κ3) is 2.69. The molecule has 112 valence electrons. The highest BCUT2D eigenvalue weighted by atomic mass is 16.5. The predicted molar refractivity (Wildman–Crippen MR) is 79.3 cm³/mol. The van der Waals surface area contributed by atoms with E-state index in [1.54, 1.807) is 0 Å². The van der Waals surface area contributed by atoms with Crippen LogP contribution >= 0.6 is 0 Å². The zero-order chi connectivity index (χ0) is 14.9. The Hall–Kier alpha value is -1.79. The fourth-order valence-electron chi connectivity index (χ4n) is 2.69. The van der Waals surface area contributed by atoms with Gasteiger partial charge in [-0.2, -0.15) is 4.68 Å². The van der Waals surface area contributed by atoms with Gasteiger partial charge in [0.25, 0.3) is 0 Å². The second-order valence-electron chi connectivity index (χ2n) is 5.91. The summed E-state index contributed by atoms with van der Waals surface area (Å²) < 4.78 is 7.27. The highest BCUT2D eigenvalue weighted by Gasteiger charge is 2.35. The summed E-state index contributed by atoms with van der Waals surface area (Å²) in [6.07, 6.45) is 0. The molecule has 6 heteroatoms. The highest BCUT2D eigenvalue weighted by molar-refractivity contribution is 5.34. The van der Waals surface area contributed by atoms with Gasteiger partial charge in [-0.25, -0.2) is 0 Å². The monoisotopic (exact) mass is 287 g/mol. The first-order valence-electron chi connectivity index (χ1n) is 7.28. The molecule has 1 aliphatic rings. The van der Waals surface area contributed by atoms with Crippen molar-refractivity contribution >= 4 is 0 Å². The maximum absolute atomic E-state index is 5.44. The van der Waals surface area contributed by atoms with Gasteiger partial charge in [0.05, 0.1) is 24.4 Å². The van der Waals surface area contributed by atoms with Gasteiger partial charge in [-0.3, -0.25) is 4.90 Å². The number of tetrazole rings is 1. The number of aromatic nitrogens is 4. The SMILES string of the molecule is Cc1ccc(-n2nnnc2C(C)(C)N2CCOCC2)cc1. The van der Waals surface area contributed by atoms with Gasteiger partial charge in [0.15, 0.2) is 5.82 Å². The Kier molecular flexibility index (Phi) is 3.73. The molecule has 1 saturated heterocycles. The van der Waals surface area contributed by atoms with E-state index in [9.17, 15) is 0 Å². The molecule has 0 saturated carbocycles.